The lowest BCUT2D eigenvalue weighted by molar-refractivity contribution is -0.147. The Labute approximate surface area is 75.6 Å². The van der Waals surface area contributed by atoms with Gasteiger partial charge >= 0.3 is 5.97 Å². The normalized spacial score (nSPS) is 23.8. The molecule has 1 unspecified atom stereocenters. The summed E-state index contributed by atoms with van der Waals surface area (Å²) >= 11 is 3.88. The molecule has 1 fully saturated rings. The van der Waals surface area contributed by atoms with Crippen LogP contribution in [0.1, 0.15) is 13.3 Å². The zero-order chi connectivity index (χ0) is 9.14. The van der Waals surface area contributed by atoms with E-state index < -0.39 is 12.0 Å². The van der Waals surface area contributed by atoms with Crippen LogP contribution >= 0.6 is 12.8 Å². The fraction of sp³-hybridized carbons (Fsp3) is 0.667. The van der Waals surface area contributed by atoms with Crippen molar-refractivity contribution in [2.24, 2.45) is 0 Å². The lowest BCUT2D eigenvalue weighted by Gasteiger charge is -2.14. The van der Waals surface area contributed by atoms with Gasteiger partial charge in [-0.1, -0.05) is 12.8 Å². The first-order chi connectivity index (χ1) is 5.65. The number of rotatable bonds is 2. The third kappa shape index (κ3) is 1.89. The molecular formula is C6H10N2O3S. The summed E-state index contributed by atoms with van der Waals surface area (Å²) in [5.74, 6) is -0.645. The lowest BCUT2D eigenvalue weighted by Crippen LogP contribution is -2.35. The number of carbonyl (C=O) groups excluding carboxylic acids is 2. The first-order valence-electron chi connectivity index (χ1n) is 3.59. The van der Waals surface area contributed by atoms with Crippen molar-refractivity contribution in [1.29, 1.82) is 0 Å². The number of carbonyl (C=O) groups is 2. The SMILES string of the molecule is CCOC(=O)C1CC(=O)NN1S. The van der Waals surface area contributed by atoms with Gasteiger partial charge in [0.25, 0.3) is 0 Å². The second kappa shape index (κ2) is 3.77. The Morgan fingerprint density at radius 3 is 3.00 bits per heavy atom. The van der Waals surface area contributed by atoms with Crippen LogP contribution in [0.5, 0.6) is 0 Å². The van der Waals surface area contributed by atoms with Gasteiger partial charge in [-0.15, -0.1) is 0 Å². The van der Waals surface area contributed by atoms with E-state index in [1.165, 1.54) is 4.41 Å². The number of hydrogen-bond acceptors (Lipinski definition) is 5. The standard InChI is InChI=1S/C6H10N2O3S/c1-2-11-6(10)4-3-5(9)7-8(4)12/h4,12H,2-3H2,1H3,(H,7,9). The van der Waals surface area contributed by atoms with E-state index >= 15 is 0 Å². The van der Waals surface area contributed by atoms with E-state index in [2.05, 4.69) is 18.2 Å². The zero-order valence-corrected chi connectivity index (χ0v) is 7.51. The summed E-state index contributed by atoms with van der Waals surface area (Å²) in [4.78, 5) is 21.9. The van der Waals surface area contributed by atoms with Crippen molar-refractivity contribution in [3.05, 3.63) is 0 Å². The maximum Gasteiger partial charge on any atom is 0.326 e. The van der Waals surface area contributed by atoms with Crippen molar-refractivity contribution in [3.8, 4) is 0 Å². The lowest BCUT2D eigenvalue weighted by atomic mass is 10.2. The monoisotopic (exact) mass is 190 g/mol. The summed E-state index contributed by atoms with van der Waals surface area (Å²) in [6.45, 7) is 2.02. The highest BCUT2D eigenvalue weighted by molar-refractivity contribution is 7.77. The summed E-state index contributed by atoms with van der Waals surface area (Å²) in [6.07, 6.45) is 0.113. The molecular weight excluding hydrogens is 180 g/mol. The summed E-state index contributed by atoms with van der Waals surface area (Å²) < 4.78 is 5.89. The van der Waals surface area contributed by atoms with Gasteiger partial charge in [-0.2, -0.15) is 4.41 Å². The van der Waals surface area contributed by atoms with Gasteiger partial charge in [-0.3, -0.25) is 15.0 Å². The minimum Gasteiger partial charge on any atom is -0.465 e. The summed E-state index contributed by atoms with van der Waals surface area (Å²) in [5.41, 5.74) is 2.36. The molecule has 12 heavy (non-hydrogen) atoms. The molecule has 1 atom stereocenters. The molecule has 1 amide bonds. The van der Waals surface area contributed by atoms with E-state index in [9.17, 15) is 9.59 Å². The molecule has 1 heterocycles. The third-order valence-electron chi connectivity index (χ3n) is 1.47. The van der Waals surface area contributed by atoms with Crippen molar-refractivity contribution in [3.63, 3.8) is 0 Å². The van der Waals surface area contributed by atoms with Crippen LogP contribution in [-0.4, -0.2) is 28.9 Å². The van der Waals surface area contributed by atoms with Crippen LogP contribution in [0.25, 0.3) is 0 Å². The zero-order valence-electron chi connectivity index (χ0n) is 6.61. The fourth-order valence-corrected chi connectivity index (χ4v) is 1.22. The van der Waals surface area contributed by atoms with Gasteiger partial charge in [0.2, 0.25) is 5.91 Å². The number of esters is 1. The second-order valence-electron chi connectivity index (χ2n) is 2.35. The highest BCUT2D eigenvalue weighted by atomic mass is 32.1. The quantitative estimate of drug-likeness (QED) is 0.455. The van der Waals surface area contributed by atoms with Gasteiger partial charge < -0.3 is 4.74 Å². The number of thiol groups is 1. The molecule has 0 aromatic rings. The van der Waals surface area contributed by atoms with Crippen LogP contribution in [-0.2, 0) is 14.3 Å². The third-order valence-corrected chi connectivity index (χ3v) is 1.85. The molecule has 1 N–H and O–H groups in total. The molecule has 0 saturated carbocycles. The van der Waals surface area contributed by atoms with E-state index in [0.717, 1.165) is 0 Å². The number of hydrazine groups is 1. The number of nitrogens with one attached hydrogen (secondary N) is 1. The summed E-state index contributed by atoms with van der Waals surface area (Å²) in [5, 5.41) is 0. The smallest absolute Gasteiger partial charge is 0.326 e. The maximum atomic E-state index is 11.1. The van der Waals surface area contributed by atoms with Crippen LogP contribution in [0.4, 0.5) is 0 Å². The average Bonchev–Trinajstić information content (AvgIpc) is 2.30. The Hall–Kier alpha value is -0.750. The van der Waals surface area contributed by atoms with Crippen molar-refractivity contribution < 1.29 is 14.3 Å². The van der Waals surface area contributed by atoms with Crippen molar-refractivity contribution in [2.45, 2.75) is 19.4 Å². The summed E-state index contributed by atoms with van der Waals surface area (Å²) in [7, 11) is 0. The molecule has 0 aromatic heterocycles. The van der Waals surface area contributed by atoms with Crippen molar-refractivity contribution in [1.82, 2.24) is 9.84 Å². The highest BCUT2D eigenvalue weighted by Gasteiger charge is 2.34. The minimum atomic E-state index is -0.596. The van der Waals surface area contributed by atoms with Crippen LogP contribution < -0.4 is 5.43 Å². The van der Waals surface area contributed by atoms with E-state index in [1.54, 1.807) is 6.92 Å². The van der Waals surface area contributed by atoms with Gasteiger partial charge in [0.1, 0.15) is 6.04 Å². The Bertz CT molecular complexity index is 209. The Morgan fingerprint density at radius 2 is 2.58 bits per heavy atom. The molecule has 68 valence electrons. The molecule has 1 saturated heterocycles. The Kier molecular flexibility index (Phi) is 2.93. The van der Waals surface area contributed by atoms with Gasteiger partial charge in [0.05, 0.1) is 13.0 Å². The number of ether oxygens (including phenoxy) is 1. The Balaban J connectivity index is 2.52. The molecule has 1 aliphatic heterocycles. The number of amides is 1. The van der Waals surface area contributed by atoms with E-state index in [4.69, 9.17) is 4.74 Å². The average molecular weight is 190 g/mol. The van der Waals surface area contributed by atoms with Gasteiger partial charge in [-0.25, -0.2) is 0 Å². The largest absolute Gasteiger partial charge is 0.465 e. The molecule has 1 rings (SSSR count). The van der Waals surface area contributed by atoms with Gasteiger partial charge in [0.15, 0.2) is 0 Å². The molecule has 5 nitrogen and oxygen atoms in total. The maximum absolute atomic E-state index is 11.1. The predicted octanol–water partition coefficient (Wildman–Crippen LogP) is -0.500. The first kappa shape index (κ1) is 9.34. The van der Waals surface area contributed by atoms with E-state index in [-0.39, 0.29) is 12.3 Å². The molecule has 1 aliphatic rings. The number of hydrogen-bond donors (Lipinski definition) is 2. The van der Waals surface area contributed by atoms with Gasteiger partial charge in [-0.05, 0) is 6.92 Å². The topological polar surface area (TPSA) is 58.6 Å². The Morgan fingerprint density at radius 1 is 1.92 bits per heavy atom. The van der Waals surface area contributed by atoms with Crippen molar-refractivity contribution >= 4 is 24.7 Å². The van der Waals surface area contributed by atoms with Crippen LogP contribution in [0.15, 0.2) is 0 Å². The van der Waals surface area contributed by atoms with Crippen LogP contribution in [0, 0.1) is 0 Å². The second-order valence-corrected chi connectivity index (χ2v) is 2.78. The van der Waals surface area contributed by atoms with Crippen LogP contribution in [0.2, 0.25) is 0 Å². The molecule has 0 aliphatic carbocycles. The van der Waals surface area contributed by atoms with E-state index in [0.29, 0.717) is 6.61 Å². The molecule has 6 heteroatoms. The van der Waals surface area contributed by atoms with Crippen molar-refractivity contribution in [2.75, 3.05) is 6.61 Å². The van der Waals surface area contributed by atoms with E-state index in [1.807, 2.05) is 0 Å². The molecule has 0 aromatic carbocycles. The van der Waals surface area contributed by atoms with Crippen LogP contribution in [0.3, 0.4) is 0 Å². The number of nitrogens with zero attached hydrogens (tertiary/aromatic N) is 1. The molecule has 0 bridgehead atoms. The minimum absolute atomic E-state index is 0.113. The highest BCUT2D eigenvalue weighted by Crippen LogP contribution is 2.13. The molecule has 0 spiro atoms. The summed E-state index contributed by atoms with van der Waals surface area (Å²) in [6, 6.07) is -0.596. The fourth-order valence-electron chi connectivity index (χ4n) is 0.935. The molecule has 0 radical (unpaired) electrons. The predicted molar refractivity (Wildman–Crippen MR) is 44.0 cm³/mol. The van der Waals surface area contributed by atoms with Gasteiger partial charge in [0, 0.05) is 0 Å². The first-order valence-corrected chi connectivity index (χ1v) is 3.99.